The van der Waals surface area contributed by atoms with Crippen LogP contribution in [0.4, 0.5) is 0 Å². The largest absolute Gasteiger partial charge is 0.377 e. The summed E-state index contributed by atoms with van der Waals surface area (Å²) < 4.78 is 14.9. The average Bonchev–Trinajstić information content (AvgIpc) is 2.84. The van der Waals surface area contributed by atoms with E-state index in [0.717, 1.165) is 0 Å². The van der Waals surface area contributed by atoms with Crippen molar-refractivity contribution >= 4 is 0 Å². The van der Waals surface area contributed by atoms with E-state index in [1.807, 2.05) is 0 Å². The van der Waals surface area contributed by atoms with Gasteiger partial charge in [0.05, 0.1) is 6.04 Å². The van der Waals surface area contributed by atoms with Crippen LogP contribution in [0.15, 0.2) is 15.1 Å². The maximum atomic E-state index is 5.61. The van der Waals surface area contributed by atoms with Crippen molar-refractivity contribution in [1.29, 1.82) is 0 Å². The Kier molecular flexibility index (Phi) is 2.97. The molecule has 0 radical (unpaired) electrons. The second kappa shape index (κ2) is 4.42. The van der Waals surface area contributed by atoms with Crippen molar-refractivity contribution in [2.45, 2.75) is 19.6 Å². The third-order valence-corrected chi connectivity index (χ3v) is 1.91. The number of methoxy groups -OCH3 is 1. The first kappa shape index (κ1) is 10.8. The van der Waals surface area contributed by atoms with Crippen molar-refractivity contribution in [3.8, 4) is 11.6 Å². The summed E-state index contributed by atoms with van der Waals surface area (Å²) >= 11 is 0. The molecule has 0 spiro atoms. The molecule has 0 bridgehead atoms. The van der Waals surface area contributed by atoms with Crippen molar-refractivity contribution in [3.05, 3.63) is 17.7 Å². The SMILES string of the molecule is COCc1cc(-c2nc(C(C)N)no2)no1. The number of nitrogens with zero attached hydrogens (tertiary/aromatic N) is 3. The lowest BCUT2D eigenvalue weighted by molar-refractivity contribution is 0.156. The Morgan fingerprint density at radius 3 is 2.88 bits per heavy atom. The van der Waals surface area contributed by atoms with Crippen LogP contribution in [0, 0.1) is 0 Å². The van der Waals surface area contributed by atoms with E-state index in [4.69, 9.17) is 19.5 Å². The van der Waals surface area contributed by atoms with Crippen LogP contribution < -0.4 is 5.73 Å². The van der Waals surface area contributed by atoms with Crippen LogP contribution in [0.1, 0.15) is 24.6 Å². The number of nitrogens with two attached hydrogens (primary N) is 1. The Balaban J connectivity index is 2.21. The van der Waals surface area contributed by atoms with Crippen molar-refractivity contribution in [2.75, 3.05) is 7.11 Å². The molecule has 0 amide bonds. The quantitative estimate of drug-likeness (QED) is 0.822. The molecule has 16 heavy (non-hydrogen) atoms. The molecular weight excluding hydrogens is 212 g/mol. The zero-order chi connectivity index (χ0) is 11.5. The molecule has 2 heterocycles. The van der Waals surface area contributed by atoms with Gasteiger partial charge in [0.25, 0.3) is 5.89 Å². The topological polar surface area (TPSA) is 100 Å². The van der Waals surface area contributed by atoms with Crippen LogP contribution in [0.5, 0.6) is 0 Å². The van der Waals surface area contributed by atoms with Crippen molar-refractivity contribution < 1.29 is 13.8 Å². The number of hydrogen-bond donors (Lipinski definition) is 1. The molecule has 0 saturated heterocycles. The minimum atomic E-state index is -0.275. The molecule has 0 fully saturated rings. The molecule has 2 rings (SSSR count). The fourth-order valence-electron chi connectivity index (χ4n) is 1.15. The Labute approximate surface area is 91.6 Å². The predicted octanol–water partition coefficient (Wildman–Crippen LogP) is 0.891. The number of aromatic nitrogens is 3. The number of ether oxygens (including phenoxy) is 1. The van der Waals surface area contributed by atoms with Crippen molar-refractivity contribution in [1.82, 2.24) is 15.3 Å². The molecule has 7 nitrogen and oxygen atoms in total. The van der Waals surface area contributed by atoms with E-state index < -0.39 is 0 Å². The van der Waals surface area contributed by atoms with Gasteiger partial charge < -0.3 is 19.5 Å². The second-order valence-corrected chi connectivity index (χ2v) is 3.36. The van der Waals surface area contributed by atoms with Crippen LogP contribution in [0.25, 0.3) is 11.6 Å². The van der Waals surface area contributed by atoms with Crippen molar-refractivity contribution in [2.24, 2.45) is 5.73 Å². The first-order valence-corrected chi connectivity index (χ1v) is 4.75. The van der Waals surface area contributed by atoms with E-state index >= 15 is 0 Å². The van der Waals surface area contributed by atoms with Gasteiger partial charge in [-0.25, -0.2) is 0 Å². The third kappa shape index (κ3) is 2.10. The van der Waals surface area contributed by atoms with Gasteiger partial charge in [-0.05, 0) is 6.92 Å². The van der Waals surface area contributed by atoms with Crippen LogP contribution in [-0.2, 0) is 11.3 Å². The van der Waals surface area contributed by atoms with Crippen LogP contribution in [0.3, 0.4) is 0 Å². The Morgan fingerprint density at radius 2 is 2.25 bits per heavy atom. The lowest BCUT2D eigenvalue weighted by Gasteiger charge is -1.92. The van der Waals surface area contributed by atoms with Crippen LogP contribution >= 0.6 is 0 Å². The lowest BCUT2D eigenvalue weighted by atomic mass is 10.3. The Morgan fingerprint density at radius 1 is 1.44 bits per heavy atom. The average molecular weight is 224 g/mol. The first-order valence-electron chi connectivity index (χ1n) is 4.75. The van der Waals surface area contributed by atoms with E-state index in [-0.39, 0.29) is 6.04 Å². The predicted molar refractivity (Wildman–Crippen MR) is 53.1 cm³/mol. The van der Waals surface area contributed by atoms with Crippen LogP contribution in [-0.4, -0.2) is 22.4 Å². The van der Waals surface area contributed by atoms with Gasteiger partial charge in [0.2, 0.25) is 0 Å². The van der Waals surface area contributed by atoms with Gasteiger partial charge in [-0.2, -0.15) is 4.98 Å². The van der Waals surface area contributed by atoms with E-state index in [9.17, 15) is 0 Å². The van der Waals surface area contributed by atoms with Gasteiger partial charge in [0.1, 0.15) is 6.61 Å². The molecule has 1 atom stereocenters. The molecule has 2 N–H and O–H groups in total. The number of rotatable bonds is 4. The molecule has 2 aromatic rings. The Hall–Kier alpha value is -1.73. The first-order chi connectivity index (χ1) is 7.70. The normalized spacial score (nSPS) is 12.9. The smallest absolute Gasteiger partial charge is 0.280 e. The second-order valence-electron chi connectivity index (χ2n) is 3.36. The lowest BCUT2D eigenvalue weighted by Crippen LogP contribution is -2.06. The highest BCUT2D eigenvalue weighted by molar-refractivity contribution is 5.45. The molecule has 0 aliphatic heterocycles. The van der Waals surface area contributed by atoms with E-state index in [1.165, 1.54) is 0 Å². The van der Waals surface area contributed by atoms with E-state index in [2.05, 4.69) is 15.3 Å². The molecule has 2 aromatic heterocycles. The standard InChI is InChI=1S/C9H12N4O3/c1-5(10)8-11-9(16-13-8)7-3-6(4-14-2)15-12-7/h3,5H,4,10H2,1-2H3. The summed E-state index contributed by atoms with van der Waals surface area (Å²) in [6.07, 6.45) is 0. The molecular formula is C9H12N4O3. The van der Waals surface area contributed by atoms with Gasteiger partial charge in [-0.3, -0.25) is 0 Å². The summed E-state index contributed by atoms with van der Waals surface area (Å²) in [5.74, 6) is 1.32. The Bertz CT molecular complexity index is 463. The molecule has 1 unspecified atom stereocenters. The molecule has 0 aliphatic rings. The minimum Gasteiger partial charge on any atom is -0.377 e. The monoisotopic (exact) mass is 224 g/mol. The van der Waals surface area contributed by atoms with Crippen LogP contribution in [0.2, 0.25) is 0 Å². The van der Waals surface area contributed by atoms with E-state index in [0.29, 0.717) is 29.8 Å². The fourth-order valence-corrected chi connectivity index (χ4v) is 1.15. The van der Waals surface area contributed by atoms with Gasteiger partial charge in [-0.1, -0.05) is 10.3 Å². The molecule has 0 aromatic carbocycles. The zero-order valence-corrected chi connectivity index (χ0v) is 9.01. The summed E-state index contributed by atoms with van der Waals surface area (Å²) in [5.41, 5.74) is 6.09. The fraction of sp³-hybridized carbons (Fsp3) is 0.444. The molecule has 86 valence electrons. The van der Waals surface area contributed by atoms with Gasteiger partial charge >= 0.3 is 0 Å². The van der Waals surface area contributed by atoms with Gasteiger partial charge in [-0.15, -0.1) is 0 Å². The van der Waals surface area contributed by atoms with Gasteiger partial charge in [0, 0.05) is 13.2 Å². The van der Waals surface area contributed by atoms with Gasteiger partial charge in [0.15, 0.2) is 17.3 Å². The minimum absolute atomic E-state index is 0.275. The molecule has 7 heteroatoms. The zero-order valence-electron chi connectivity index (χ0n) is 9.01. The van der Waals surface area contributed by atoms with Crippen molar-refractivity contribution in [3.63, 3.8) is 0 Å². The summed E-state index contributed by atoms with van der Waals surface area (Å²) in [6.45, 7) is 2.12. The van der Waals surface area contributed by atoms with E-state index in [1.54, 1.807) is 20.1 Å². The summed E-state index contributed by atoms with van der Waals surface area (Å²) in [6, 6.07) is 1.41. The highest BCUT2D eigenvalue weighted by atomic mass is 16.5. The summed E-state index contributed by atoms with van der Waals surface area (Å²) in [5, 5.41) is 7.51. The third-order valence-electron chi connectivity index (χ3n) is 1.91. The summed E-state index contributed by atoms with van der Waals surface area (Å²) in [4.78, 5) is 4.09. The maximum absolute atomic E-state index is 5.61. The number of hydrogen-bond acceptors (Lipinski definition) is 7. The molecule has 0 saturated carbocycles. The highest BCUT2D eigenvalue weighted by Crippen LogP contribution is 2.18. The highest BCUT2D eigenvalue weighted by Gasteiger charge is 2.15. The molecule has 0 aliphatic carbocycles. The maximum Gasteiger partial charge on any atom is 0.280 e. The summed E-state index contributed by atoms with van der Waals surface area (Å²) in [7, 11) is 1.57.